The Morgan fingerprint density at radius 1 is 0.400 bits per heavy atom. The largest absolute Gasteiger partial charge is 0.456 e. The quantitative estimate of drug-likeness (QED) is 0.172. The monoisotopic (exact) mass is 702 g/mol. The lowest BCUT2D eigenvalue weighted by Gasteiger charge is -2.26. The van der Waals surface area contributed by atoms with Crippen molar-refractivity contribution in [3.8, 4) is 27.9 Å². The third kappa shape index (κ3) is 5.13. The van der Waals surface area contributed by atoms with E-state index in [0.717, 1.165) is 50.3 Å². The predicted molar refractivity (Wildman–Crippen MR) is 231 cm³/mol. The molecule has 0 bridgehead atoms. The van der Waals surface area contributed by atoms with Gasteiger partial charge in [-0.15, -0.1) is 0 Å². The molecule has 0 spiro atoms. The molecule has 258 valence electrons. The number of fused-ring (bicyclic) bond motifs is 7. The van der Waals surface area contributed by atoms with Gasteiger partial charge in [0.2, 0.25) is 0 Å². The van der Waals surface area contributed by atoms with Gasteiger partial charge in [-0.25, -0.2) is 0 Å². The Labute approximate surface area is 318 Å². The van der Waals surface area contributed by atoms with Crippen LogP contribution in [0.3, 0.4) is 0 Å². The summed E-state index contributed by atoms with van der Waals surface area (Å²) >= 11 is 0. The second-order valence-corrected chi connectivity index (χ2v) is 14.1. The molecule has 0 atom stereocenters. The van der Waals surface area contributed by atoms with Crippen LogP contribution in [-0.2, 0) is 0 Å². The maximum atomic E-state index is 6.39. The van der Waals surface area contributed by atoms with Gasteiger partial charge in [0.05, 0.1) is 22.1 Å². The first kappa shape index (κ1) is 31.2. The summed E-state index contributed by atoms with van der Waals surface area (Å²) < 4.78 is 8.79. The minimum absolute atomic E-state index is 0.869. The zero-order valence-electron chi connectivity index (χ0n) is 29.9. The van der Waals surface area contributed by atoms with Gasteiger partial charge in [0, 0.05) is 38.8 Å². The molecule has 0 aliphatic rings. The van der Waals surface area contributed by atoms with Gasteiger partial charge >= 0.3 is 0 Å². The molecule has 2 heterocycles. The van der Waals surface area contributed by atoms with Crippen LogP contribution in [0.25, 0.3) is 82.5 Å². The molecule has 0 saturated heterocycles. The summed E-state index contributed by atoms with van der Waals surface area (Å²) in [7, 11) is 0. The molecular weight excluding hydrogens is 669 g/mol. The number of hydrogen-bond donors (Lipinski definition) is 0. The number of nitrogens with zero attached hydrogens (tertiary/aromatic N) is 2. The molecule has 0 aliphatic carbocycles. The Balaban J connectivity index is 1.07. The second-order valence-electron chi connectivity index (χ2n) is 14.1. The summed E-state index contributed by atoms with van der Waals surface area (Å²) in [6, 6.07) is 73.9. The Morgan fingerprint density at radius 3 is 1.84 bits per heavy atom. The highest BCUT2D eigenvalue weighted by molar-refractivity contribution is 6.15. The number of aromatic nitrogens is 1. The van der Waals surface area contributed by atoms with Crippen molar-refractivity contribution in [2.75, 3.05) is 4.90 Å². The summed E-state index contributed by atoms with van der Waals surface area (Å²) in [6.07, 6.45) is 0. The molecule has 0 amide bonds. The molecule has 0 aliphatic heterocycles. The van der Waals surface area contributed by atoms with Crippen LogP contribution in [0.1, 0.15) is 0 Å². The smallest absolute Gasteiger partial charge is 0.137 e. The van der Waals surface area contributed by atoms with Crippen LogP contribution >= 0.6 is 0 Å². The highest BCUT2D eigenvalue weighted by Gasteiger charge is 2.21. The van der Waals surface area contributed by atoms with Crippen LogP contribution in [0.15, 0.2) is 211 Å². The average Bonchev–Trinajstić information content (AvgIpc) is 3.81. The minimum atomic E-state index is 0.869. The van der Waals surface area contributed by atoms with E-state index in [2.05, 4.69) is 204 Å². The number of rotatable bonds is 6. The van der Waals surface area contributed by atoms with Crippen molar-refractivity contribution < 1.29 is 4.42 Å². The first-order chi connectivity index (χ1) is 27.3. The van der Waals surface area contributed by atoms with Crippen LogP contribution < -0.4 is 4.90 Å². The van der Waals surface area contributed by atoms with Crippen molar-refractivity contribution in [3.63, 3.8) is 0 Å². The van der Waals surface area contributed by atoms with E-state index in [9.17, 15) is 0 Å². The van der Waals surface area contributed by atoms with Crippen molar-refractivity contribution in [1.82, 2.24) is 4.57 Å². The van der Waals surface area contributed by atoms with Crippen molar-refractivity contribution in [2.24, 2.45) is 0 Å². The van der Waals surface area contributed by atoms with Crippen LogP contribution in [0.5, 0.6) is 0 Å². The molecule has 3 nitrogen and oxygen atoms in total. The standard InChI is InChI=1S/C52H34N2O/c1-2-14-40(15-3-1)54-47-20-8-6-16-44(47)45-19-10-18-43(52(45)54)37-28-32-42(33-29-37)53(48-21-11-23-50-51(48)46-17-7-9-22-49(46)55-50)41-30-26-36(27-31-41)39-25-24-35-12-4-5-13-38(35)34-39/h1-34H. The first-order valence-corrected chi connectivity index (χ1v) is 18.8. The predicted octanol–water partition coefficient (Wildman–Crippen LogP) is 14.6. The molecule has 55 heavy (non-hydrogen) atoms. The van der Waals surface area contributed by atoms with E-state index in [1.807, 2.05) is 12.1 Å². The zero-order valence-corrected chi connectivity index (χ0v) is 29.9. The van der Waals surface area contributed by atoms with Crippen LogP contribution in [-0.4, -0.2) is 4.57 Å². The minimum Gasteiger partial charge on any atom is -0.456 e. The highest BCUT2D eigenvalue weighted by atomic mass is 16.3. The molecular formula is C52H34N2O. The Kier molecular flexibility index (Phi) is 7.17. The molecule has 0 saturated carbocycles. The molecule has 0 unspecified atom stereocenters. The van der Waals surface area contributed by atoms with Crippen molar-refractivity contribution in [2.45, 2.75) is 0 Å². The Morgan fingerprint density at radius 2 is 1.02 bits per heavy atom. The maximum Gasteiger partial charge on any atom is 0.137 e. The van der Waals surface area contributed by atoms with Gasteiger partial charge in [-0.2, -0.15) is 0 Å². The lowest BCUT2D eigenvalue weighted by Crippen LogP contribution is -2.10. The third-order valence-electron chi connectivity index (χ3n) is 11.0. The molecule has 0 fully saturated rings. The van der Waals surface area contributed by atoms with Crippen LogP contribution in [0.2, 0.25) is 0 Å². The summed E-state index contributed by atoms with van der Waals surface area (Å²) in [6.45, 7) is 0. The van der Waals surface area contributed by atoms with E-state index in [4.69, 9.17) is 4.42 Å². The normalized spacial score (nSPS) is 11.6. The fourth-order valence-corrected chi connectivity index (χ4v) is 8.43. The number of hydrogen-bond acceptors (Lipinski definition) is 2. The van der Waals surface area contributed by atoms with Crippen LogP contribution in [0, 0.1) is 0 Å². The SMILES string of the molecule is c1ccc(-n2c3ccccc3c3cccc(-c4ccc(N(c5ccc(-c6ccc7ccccc7c6)cc5)c5cccc6oc7ccccc7c56)cc4)c32)cc1. The van der Waals surface area contributed by atoms with Gasteiger partial charge < -0.3 is 13.9 Å². The third-order valence-corrected chi connectivity index (χ3v) is 11.0. The second kappa shape index (κ2) is 12.6. The molecule has 3 heteroatoms. The van der Waals surface area contributed by atoms with Gasteiger partial charge in [0.1, 0.15) is 11.2 Å². The summed E-state index contributed by atoms with van der Waals surface area (Å²) in [5.41, 5.74) is 13.2. The summed E-state index contributed by atoms with van der Waals surface area (Å²) in [5.74, 6) is 0. The molecule has 11 rings (SSSR count). The Bertz CT molecular complexity index is 3190. The van der Waals surface area contributed by atoms with Crippen molar-refractivity contribution in [3.05, 3.63) is 206 Å². The van der Waals surface area contributed by atoms with E-state index in [-0.39, 0.29) is 0 Å². The van der Waals surface area contributed by atoms with E-state index in [1.165, 1.54) is 49.3 Å². The number of anilines is 3. The lowest BCUT2D eigenvalue weighted by atomic mass is 10.00. The van der Waals surface area contributed by atoms with Crippen LogP contribution in [0.4, 0.5) is 17.1 Å². The lowest BCUT2D eigenvalue weighted by molar-refractivity contribution is 0.669. The zero-order chi connectivity index (χ0) is 36.3. The number of para-hydroxylation sites is 4. The topological polar surface area (TPSA) is 21.3 Å². The van der Waals surface area contributed by atoms with E-state index < -0.39 is 0 Å². The maximum absolute atomic E-state index is 6.39. The van der Waals surface area contributed by atoms with Gasteiger partial charge in [-0.05, 0) is 94.2 Å². The molecule has 11 aromatic rings. The van der Waals surface area contributed by atoms with E-state index in [1.54, 1.807) is 0 Å². The van der Waals surface area contributed by atoms with E-state index in [0.29, 0.717) is 0 Å². The van der Waals surface area contributed by atoms with Crippen molar-refractivity contribution in [1.29, 1.82) is 0 Å². The Hall–Kier alpha value is -7.36. The highest BCUT2D eigenvalue weighted by Crippen LogP contribution is 2.44. The van der Waals surface area contributed by atoms with Crippen molar-refractivity contribution >= 4 is 71.6 Å². The molecule has 0 radical (unpaired) electrons. The van der Waals surface area contributed by atoms with Gasteiger partial charge in [-0.1, -0.05) is 140 Å². The fourth-order valence-electron chi connectivity index (χ4n) is 8.43. The first-order valence-electron chi connectivity index (χ1n) is 18.8. The summed E-state index contributed by atoms with van der Waals surface area (Å²) in [4.78, 5) is 2.36. The van der Waals surface area contributed by atoms with E-state index >= 15 is 0 Å². The molecule has 9 aromatic carbocycles. The summed E-state index contributed by atoms with van der Waals surface area (Å²) in [5, 5.41) is 7.17. The number of benzene rings is 9. The molecule has 2 aromatic heterocycles. The molecule has 0 N–H and O–H groups in total. The van der Waals surface area contributed by atoms with Gasteiger partial charge in [0.25, 0.3) is 0 Å². The average molecular weight is 703 g/mol. The van der Waals surface area contributed by atoms with Gasteiger partial charge in [-0.3, -0.25) is 0 Å². The fraction of sp³-hybridized carbons (Fsp3) is 0. The van der Waals surface area contributed by atoms with Gasteiger partial charge in [0.15, 0.2) is 0 Å². The number of furan rings is 1.